The predicted octanol–water partition coefficient (Wildman–Crippen LogP) is 4.10. The lowest BCUT2D eigenvalue weighted by Crippen LogP contribution is -2.44. The van der Waals surface area contributed by atoms with E-state index < -0.39 is 17.4 Å². The average Bonchev–Trinajstić information content (AvgIpc) is 2.55. The Kier molecular flexibility index (Phi) is 6.03. The van der Waals surface area contributed by atoms with Crippen molar-refractivity contribution in [3.63, 3.8) is 0 Å². The van der Waals surface area contributed by atoms with Gasteiger partial charge in [0.15, 0.2) is 5.41 Å². The van der Waals surface area contributed by atoms with E-state index in [1.54, 1.807) is 13.8 Å². The van der Waals surface area contributed by atoms with Gasteiger partial charge in [0.2, 0.25) is 0 Å². The quantitative estimate of drug-likeness (QED) is 0.578. The van der Waals surface area contributed by atoms with E-state index in [0.29, 0.717) is 12.8 Å². The minimum Gasteiger partial charge on any atom is -0.465 e. The predicted molar refractivity (Wildman–Crippen MR) is 88.8 cm³/mol. The van der Waals surface area contributed by atoms with Crippen LogP contribution in [0.2, 0.25) is 0 Å². The molecule has 128 valence electrons. The molecule has 0 aliphatic heterocycles. The number of hydrogen-bond donors (Lipinski definition) is 0. The zero-order chi connectivity index (χ0) is 16.9. The fraction of sp³-hybridized carbons (Fsp3) is 0.684. The number of rotatable bonds is 4. The zero-order valence-corrected chi connectivity index (χ0v) is 14.6. The van der Waals surface area contributed by atoms with Crippen LogP contribution in [0.4, 0.5) is 0 Å². The Hall–Kier alpha value is -1.58. The van der Waals surface area contributed by atoms with Crippen molar-refractivity contribution < 1.29 is 19.1 Å². The van der Waals surface area contributed by atoms with E-state index in [1.165, 1.54) is 24.8 Å². The van der Waals surface area contributed by atoms with Crippen LogP contribution in [0.15, 0.2) is 22.8 Å². The van der Waals surface area contributed by atoms with E-state index in [0.717, 1.165) is 24.0 Å². The van der Waals surface area contributed by atoms with Gasteiger partial charge in [0.05, 0.1) is 13.2 Å². The third-order valence-electron chi connectivity index (χ3n) is 4.74. The molecule has 0 heterocycles. The third kappa shape index (κ3) is 3.85. The molecule has 0 N–H and O–H groups in total. The molecular formula is C19H28O4. The molecule has 23 heavy (non-hydrogen) atoms. The van der Waals surface area contributed by atoms with Gasteiger partial charge < -0.3 is 9.47 Å². The van der Waals surface area contributed by atoms with E-state index in [1.807, 2.05) is 6.92 Å². The van der Waals surface area contributed by atoms with Crippen LogP contribution in [0.25, 0.3) is 0 Å². The second-order valence-corrected chi connectivity index (χ2v) is 6.56. The Morgan fingerprint density at radius 3 is 2.09 bits per heavy atom. The molecule has 0 amide bonds. The Morgan fingerprint density at radius 2 is 1.57 bits per heavy atom. The standard InChI is InChI=1S/C19H28O4/c1-4-22-17(20)19(18(21)23-5-2)12-14(3)11-16(13-19)15-9-7-6-8-10-15/h11H,4-10,12-13H2,1-3H3. The van der Waals surface area contributed by atoms with Crippen LogP contribution < -0.4 is 0 Å². The van der Waals surface area contributed by atoms with Crippen molar-refractivity contribution in [2.45, 2.75) is 65.7 Å². The van der Waals surface area contributed by atoms with Crippen molar-refractivity contribution in [3.05, 3.63) is 22.8 Å². The summed E-state index contributed by atoms with van der Waals surface area (Å²) in [6, 6.07) is 0. The van der Waals surface area contributed by atoms with Crippen molar-refractivity contribution in [1.82, 2.24) is 0 Å². The molecule has 1 saturated carbocycles. The van der Waals surface area contributed by atoms with Crippen LogP contribution in [-0.2, 0) is 19.1 Å². The lowest BCUT2D eigenvalue weighted by molar-refractivity contribution is -0.172. The summed E-state index contributed by atoms with van der Waals surface area (Å²) in [5.41, 5.74) is 2.39. The number of esters is 2. The van der Waals surface area contributed by atoms with Crippen LogP contribution in [0, 0.1) is 5.41 Å². The van der Waals surface area contributed by atoms with E-state index in [9.17, 15) is 9.59 Å². The first-order valence-electron chi connectivity index (χ1n) is 8.76. The highest BCUT2D eigenvalue weighted by Crippen LogP contribution is 2.43. The van der Waals surface area contributed by atoms with Gasteiger partial charge in [0.25, 0.3) is 0 Å². The summed E-state index contributed by atoms with van der Waals surface area (Å²) in [5.74, 6) is -0.889. The Balaban J connectivity index is 2.40. The first-order valence-corrected chi connectivity index (χ1v) is 8.76. The van der Waals surface area contributed by atoms with Crippen molar-refractivity contribution in [2.24, 2.45) is 5.41 Å². The monoisotopic (exact) mass is 320 g/mol. The molecule has 4 heteroatoms. The van der Waals surface area contributed by atoms with Crippen molar-refractivity contribution >= 4 is 11.9 Å². The number of allylic oxidation sites excluding steroid dienone is 4. The molecule has 2 aliphatic carbocycles. The van der Waals surface area contributed by atoms with Crippen LogP contribution in [0.3, 0.4) is 0 Å². The Labute approximate surface area is 138 Å². The van der Waals surface area contributed by atoms with Crippen LogP contribution in [-0.4, -0.2) is 25.2 Å². The third-order valence-corrected chi connectivity index (χ3v) is 4.74. The average molecular weight is 320 g/mol. The van der Waals surface area contributed by atoms with E-state index >= 15 is 0 Å². The zero-order valence-electron chi connectivity index (χ0n) is 14.6. The smallest absolute Gasteiger partial charge is 0.324 e. The normalized spacial score (nSPS) is 20.7. The van der Waals surface area contributed by atoms with Crippen molar-refractivity contribution in [3.8, 4) is 0 Å². The number of carbonyl (C=O) groups is 2. The lowest BCUT2D eigenvalue weighted by atomic mass is 9.70. The summed E-state index contributed by atoms with van der Waals surface area (Å²) in [4.78, 5) is 25.3. The molecule has 2 aliphatic rings. The molecule has 0 radical (unpaired) electrons. The molecule has 0 saturated heterocycles. The van der Waals surface area contributed by atoms with Crippen LogP contribution >= 0.6 is 0 Å². The Bertz CT molecular complexity index is 501. The van der Waals surface area contributed by atoms with Gasteiger partial charge in [-0.3, -0.25) is 9.59 Å². The van der Waals surface area contributed by atoms with Gasteiger partial charge in [0.1, 0.15) is 0 Å². The van der Waals surface area contributed by atoms with Gasteiger partial charge in [-0.1, -0.05) is 23.6 Å². The minimum absolute atomic E-state index is 0.272. The van der Waals surface area contributed by atoms with Gasteiger partial charge in [-0.05, 0) is 64.9 Å². The van der Waals surface area contributed by atoms with Crippen molar-refractivity contribution in [2.75, 3.05) is 13.2 Å². The number of ether oxygens (including phenoxy) is 2. The van der Waals surface area contributed by atoms with Crippen molar-refractivity contribution in [1.29, 1.82) is 0 Å². The molecule has 0 unspecified atom stereocenters. The maximum absolute atomic E-state index is 12.6. The second kappa shape index (κ2) is 7.80. The van der Waals surface area contributed by atoms with Crippen LogP contribution in [0.1, 0.15) is 65.7 Å². The highest BCUT2D eigenvalue weighted by Gasteiger charge is 2.51. The molecule has 0 aromatic carbocycles. The highest BCUT2D eigenvalue weighted by atomic mass is 16.6. The largest absolute Gasteiger partial charge is 0.465 e. The lowest BCUT2D eigenvalue weighted by Gasteiger charge is -2.34. The highest BCUT2D eigenvalue weighted by molar-refractivity contribution is 6.01. The summed E-state index contributed by atoms with van der Waals surface area (Å²) in [7, 11) is 0. The summed E-state index contributed by atoms with van der Waals surface area (Å²) in [5, 5.41) is 0. The molecule has 0 spiro atoms. The maximum atomic E-state index is 12.6. The van der Waals surface area contributed by atoms with E-state index in [4.69, 9.17) is 9.47 Å². The van der Waals surface area contributed by atoms with Gasteiger partial charge in [-0.25, -0.2) is 0 Å². The van der Waals surface area contributed by atoms with Gasteiger partial charge in [-0.15, -0.1) is 0 Å². The SMILES string of the molecule is CCOC(=O)C1(C(=O)OCC)CC(C)=CC(=C2CCCCC2)C1. The van der Waals surface area contributed by atoms with Gasteiger partial charge >= 0.3 is 11.9 Å². The fourth-order valence-corrected chi connectivity index (χ4v) is 3.70. The maximum Gasteiger partial charge on any atom is 0.324 e. The first kappa shape index (κ1) is 17.8. The minimum atomic E-state index is -1.20. The summed E-state index contributed by atoms with van der Waals surface area (Å²) < 4.78 is 10.5. The molecule has 0 aromatic heterocycles. The Morgan fingerprint density at radius 1 is 1.00 bits per heavy atom. The van der Waals surface area contributed by atoms with E-state index in [2.05, 4.69) is 6.08 Å². The number of hydrogen-bond acceptors (Lipinski definition) is 4. The molecule has 4 nitrogen and oxygen atoms in total. The fourth-order valence-electron chi connectivity index (χ4n) is 3.70. The molecule has 2 rings (SSSR count). The summed E-state index contributed by atoms with van der Waals surface area (Å²) >= 11 is 0. The van der Waals surface area contributed by atoms with E-state index in [-0.39, 0.29) is 13.2 Å². The first-order chi connectivity index (χ1) is 11.0. The van der Waals surface area contributed by atoms with Gasteiger partial charge in [0, 0.05) is 0 Å². The molecule has 0 atom stereocenters. The summed E-state index contributed by atoms with van der Waals surface area (Å²) in [6.07, 6.45) is 8.76. The second-order valence-electron chi connectivity index (χ2n) is 6.56. The van der Waals surface area contributed by atoms with Gasteiger partial charge in [-0.2, -0.15) is 0 Å². The molecule has 0 aromatic rings. The number of carbonyl (C=O) groups excluding carboxylic acids is 2. The molecular weight excluding hydrogens is 292 g/mol. The molecule has 1 fully saturated rings. The van der Waals surface area contributed by atoms with Crippen LogP contribution in [0.5, 0.6) is 0 Å². The summed E-state index contributed by atoms with van der Waals surface area (Å²) in [6.45, 7) is 6.06. The molecule has 0 bridgehead atoms. The topological polar surface area (TPSA) is 52.6 Å².